The first kappa shape index (κ1) is 15.9. The van der Waals surface area contributed by atoms with E-state index in [1.54, 1.807) is 6.07 Å². The second kappa shape index (κ2) is 7.02. The van der Waals surface area contributed by atoms with Crippen molar-refractivity contribution in [3.05, 3.63) is 73.8 Å². The number of halogens is 2. The number of non-ortho nitro benzene ring substituents is 1. The first-order chi connectivity index (χ1) is 10.5. The Morgan fingerprint density at radius 1 is 1.18 bits per heavy atom. The van der Waals surface area contributed by atoms with E-state index in [0.717, 1.165) is 0 Å². The Kier molecular flexibility index (Phi) is 5.08. The van der Waals surface area contributed by atoms with Crippen molar-refractivity contribution in [1.29, 1.82) is 0 Å². The van der Waals surface area contributed by atoms with Crippen molar-refractivity contribution < 1.29 is 9.72 Å². The standard InChI is InChI=1S/C14H9Cl2N3O3/c15-10-3-6-13(16)12(7-10)14(20)18-17-8-9-1-4-11(5-2-9)19(21)22/h1-8H,(H,18,20)/b17-8-. The van der Waals surface area contributed by atoms with Crippen molar-refractivity contribution in [3.8, 4) is 0 Å². The summed E-state index contributed by atoms with van der Waals surface area (Å²) in [5.41, 5.74) is 3.09. The summed E-state index contributed by atoms with van der Waals surface area (Å²) in [6.45, 7) is 0. The fourth-order valence-corrected chi connectivity index (χ4v) is 1.95. The number of carbonyl (C=O) groups excluding carboxylic acids is 1. The van der Waals surface area contributed by atoms with E-state index in [9.17, 15) is 14.9 Å². The van der Waals surface area contributed by atoms with Gasteiger partial charge in [-0.2, -0.15) is 5.10 Å². The van der Waals surface area contributed by atoms with Crippen LogP contribution in [0, 0.1) is 10.1 Å². The van der Waals surface area contributed by atoms with E-state index in [1.165, 1.54) is 42.6 Å². The zero-order chi connectivity index (χ0) is 16.1. The molecule has 1 amide bonds. The van der Waals surface area contributed by atoms with Crippen molar-refractivity contribution in [2.75, 3.05) is 0 Å². The molecular formula is C14H9Cl2N3O3. The van der Waals surface area contributed by atoms with Crippen molar-refractivity contribution in [3.63, 3.8) is 0 Å². The Bertz CT molecular complexity index is 745. The molecule has 0 heterocycles. The van der Waals surface area contributed by atoms with E-state index >= 15 is 0 Å². The maximum absolute atomic E-state index is 11.9. The number of hydrazone groups is 1. The number of nitro groups is 1. The fourth-order valence-electron chi connectivity index (χ4n) is 1.58. The van der Waals surface area contributed by atoms with Gasteiger partial charge in [0.2, 0.25) is 0 Å². The largest absolute Gasteiger partial charge is 0.272 e. The molecule has 0 bridgehead atoms. The van der Waals surface area contributed by atoms with Crippen LogP contribution in [-0.4, -0.2) is 17.0 Å². The minimum atomic E-state index is -0.509. The quantitative estimate of drug-likeness (QED) is 0.524. The van der Waals surface area contributed by atoms with Gasteiger partial charge in [0.05, 0.1) is 21.7 Å². The molecule has 8 heteroatoms. The number of amides is 1. The van der Waals surface area contributed by atoms with Gasteiger partial charge in [0, 0.05) is 17.2 Å². The number of hydrogen-bond acceptors (Lipinski definition) is 4. The summed E-state index contributed by atoms with van der Waals surface area (Å²) in [6, 6.07) is 10.2. The van der Waals surface area contributed by atoms with E-state index in [1.807, 2.05) is 0 Å². The van der Waals surface area contributed by atoms with Crippen LogP contribution in [0.4, 0.5) is 5.69 Å². The first-order valence-corrected chi connectivity index (χ1v) is 6.76. The summed E-state index contributed by atoms with van der Waals surface area (Å²) in [6.07, 6.45) is 1.36. The second-order valence-electron chi connectivity index (χ2n) is 4.17. The number of rotatable bonds is 4. The van der Waals surface area contributed by atoms with Gasteiger partial charge < -0.3 is 0 Å². The maximum atomic E-state index is 11.9. The number of hydrogen-bond donors (Lipinski definition) is 1. The van der Waals surface area contributed by atoms with Crippen LogP contribution < -0.4 is 5.43 Å². The van der Waals surface area contributed by atoms with Crippen LogP contribution in [0.2, 0.25) is 10.0 Å². The molecule has 0 atom stereocenters. The van der Waals surface area contributed by atoms with Crippen molar-refractivity contribution in [2.45, 2.75) is 0 Å². The predicted molar refractivity (Wildman–Crippen MR) is 84.6 cm³/mol. The molecule has 0 aliphatic carbocycles. The third kappa shape index (κ3) is 4.03. The van der Waals surface area contributed by atoms with Crippen molar-refractivity contribution in [1.82, 2.24) is 5.43 Å². The molecule has 0 saturated heterocycles. The minimum Gasteiger partial charge on any atom is -0.267 e. The van der Waals surface area contributed by atoms with Crippen LogP contribution in [-0.2, 0) is 0 Å². The molecule has 6 nitrogen and oxygen atoms in total. The Balaban J connectivity index is 2.04. The molecule has 1 N–H and O–H groups in total. The molecule has 0 unspecified atom stereocenters. The molecule has 22 heavy (non-hydrogen) atoms. The van der Waals surface area contributed by atoms with Crippen LogP contribution in [0.15, 0.2) is 47.6 Å². The van der Waals surface area contributed by atoms with Crippen LogP contribution in [0.1, 0.15) is 15.9 Å². The molecule has 0 fully saturated rings. The molecule has 0 spiro atoms. The van der Waals surface area contributed by atoms with Crippen LogP contribution in [0.5, 0.6) is 0 Å². The van der Waals surface area contributed by atoms with Gasteiger partial charge in [-0.05, 0) is 35.9 Å². The topological polar surface area (TPSA) is 84.6 Å². The predicted octanol–water partition coefficient (Wildman–Crippen LogP) is 3.67. The smallest absolute Gasteiger partial charge is 0.267 e. The average Bonchev–Trinajstić information content (AvgIpc) is 2.50. The lowest BCUT2D eigenvalue weighted by Gasteiger charge is -2.03. The Labute approximate surface area is 135 Å². The highest BCUT2D eigenvalue weighted by atomic mass is 35.5. The molecule has 2 aromatic carbocycles. The van der Waals surface area contributed by atoms with Gasteiger partial charge >= 0.3 is 0 Å². The fraction of sp³-hybridized carbons (Fsp3) is 0. The number of carbonyl (C=O) groups is 1. The Morgan fingerprint density at radius 2 is 1.86 bits per heavy atom. The summed E-state index contributed by atoms with van der Waals surface area (Å²) in [5.74, 6) is -0.509. The lowest BCUT2D eigenvalue weighted by atomic mass is 10.2. The molecule has 0 aliphatic rings. The average molecular weight is 338 g/mol. The molecule has 2 rings (SSSR count). The van der Waals surface area contributed by atoms with Crippen molar-refractivity contribution >= 4 is 41.0 Å². The monoisotopic (exact) mass is 337 g/mol. The summed E-state index contributed by atoms with van der Waals surface area (Å²) in [4.78, 5) is 21.9. The summed E-state index contributed by atoms with van der Waals surface area (Å²) >= 11 is 11.7. The highest BCUT2D eigenvalue weighted by Gasteiger charge is 2.10. The van der Waals surface area contributed by atoms with Gasteiger partial charge in [-0.25, -0.2) is 5.43 Å². The zero-order valence-corrected chi connectivity index (χ0v) is 12.5. The van der Waals surface area contributed by atoms with Crippen LogP contribution in [0.3, 0.4) is 0 Å². The number of nitrogens with one attached hydrogen (secondary N) is 1. The highest BCUT2D eigenvalue weighted by molar-refractivity contribution is 6.35. The van der Waals surface area contributed by atoms with Gasteiger partial charge in [-0.3, -0.25) is 14.9 Å². The lowest BCUT2D eigenvalue weighted by Crippen LogP contribution is -2.18. The van der Waals surface area contributed by atoms with Gasteiger partial charge in [-0.1, -0.05) is 23.2 Å². The van der Waals surface area contributed by atoms with E-state index in [-0.39, 0.29) is 16.3 Å². The Hall–Kier alpha value is -2.44. The maximum Gasteiger partial charge on any atom is 0.272 e. The van der Waals surface area contributed by atoms with Gasteiger partial charge in [-0.15, -0.1) is 0 Å². The SMILES string of the molecule is O=C(N/N=C\c1ccc([N+](=O)[O-])cc1)c1cc(Cl)ccc1Cl. The molecular weight excluding hydrogens is 329 g/mol. The Morgan fingerprint density at radius 3 is 2.50 bits per heavy atom. The molecule has 2 aromatic rings. The second-order valence-corrected chi connectivity index (χ2v) is 5.02. The van der Waals surface area contributed by atoms with E-state index in [0.29, 0.717) is 10.6 Å². The van der Waals surface area contributed by atoms with E-state index in [2.05, 4.69) is 10.5 Å². The molecule has 0 radical (unpaired) electrons. The number of nitro benzene ring substituents is 1. The van der Waals surface area contributed by atoms with Crippen molar-refractivity contribution in [2.24, 2.45) is 5.10 Å². The first-order valence-electron chi connectivity index (χ1n) is 6.00. The molecule has 112 valence electrons. The summed E-state index contributed by atoms with van der Waals surface area (Å²) in [7, 11) is 0. The van der Waals surface area contributed by atoms with E-state index in [4.69, 9.17) is 23.2 Å². The molecule has 0 aromatic heterocycles. The van der Waals surface area contributed by atoms with Gasteiger partial charge in [0.25, 0.3) is 11.6 Å². The van der Waals surface area contributed by atoms with E-state index < -0.39 is 10.8 Å². The minimum absolute atomic E-state index is 0.0214. The number of nitrogens with zero attached hydrogens (tertiary/aromatic N) is 2. The van der Waals surface area contributed by atoms with Gasteiger partial charge in [0.1, 0.15) is 0 Å². The summed E-state index contributed by atoms with van der Waals surface area (Å²) in [5, 5.41) is 14.9. The number of benzene rings is 2. The molecule has 0 saturated carbocycles. The van der Waals surface area contributed by atoms with Crippen LogP contribution in [0.25, 0.3) is 0 Å². The zero-order valence-electron chi connectivity index (χ0n) is 11.0. The summed E-state index contributed by atoms with van der Waals surface area (Å²) < 4.78 is 0. The third-order valence-corrected chi connectivity index (χ3v) is 3.22. The third-order valence-electron chi connectivity index (χ3n) is 2.66. The van der Waals surface area contributed by atoms with Gasteiger partial charge in [0.15, 0.2) is 0 Å². The van der Waals surface area contributed by atoms with Crippen LogP contribution >= 0.6 is 23.2 Å². The molecule has 0 aliphatic heterocycles. The highest BCUT2D eigenvalue weighted by Crippen LogP contribution is 2.20. The lowest BCUT2D eigenvalue weighted by molar-refractivity contribution is -0.384. The normalized spacial score (nSPS) is 10.6.